The standard InChI is InChI=1S/C10H14ClNOS/c1-6-4-9(8(3)14-6)7(2)12-10(13)5-11/h4,7H,5H2,1-3H3,(H,12,13). The number of aryl methyl sites for hydroxylation is 2. The van der Waals surface area contributed by atoms with Crippen molar-refractivity contribution in [3.05, 3.63) is 21.4 Å². The lowest BCUT2D eigenvalue weighted by Gasteiger charge is -2.12. The van der Waals surface area contributed by atoms with Gasteiger partial charge in [0.15, 0.2) is 0 Å². The number of alkyl halides is 1. The van der Waals surface area contributed by atoms with Gasteiger partial charge in [0.25, 0.3) is 0 Å². The third-order valence-electron chi connectivity index (χ3n) is 2.04. The lowest BCUT2D eigenvalue weighted by Crippen LogP contribution is -2.27. The van der Waals surface area contributed by atoms with Crippen molar-refractivity contribution in [2.75, 3.05) is 5.88 Å². The number of thiophene rings is 1. The molecule has 1 amide bonds. The summed E-state index contributed by atoms with van der Waals surface area (Å²) in [4.78, 5) is 13.6. The highest BCUT2D eigenvalue weighted by Gasteiger charge is 2.12. The number of hydrogen-bond donors (Lipinski definition) is 1. The summed E-state index contributed by atoms with van der Waals surface area (Å²) in [7, 11) is 0. The van der Waals surface area contributed by atoms with Crippen molar-refractivity contribution < 1.29 is 4.79 Å². The van der Waals surface area contributed by atoms with Crippen LogP contribution in [-0.2, 0) is 4.79 Å². The second-order valence-electron chi connectivity index (χ2n) is 3.29. The van der Waals surface area contributed by atoms with Crippen LogP contribution in [-0.4, -0.2) is 11.8 Å². The van der Waals surface area contributed by atoms with Gasteiger partial charge in [0.2, 0.25) is 5.91 Å². The van der Waals surface area contributed by atoms with E-state index >= 15 is 0 Å². The monoisotopic (exact) mass is 231 g/mol. The highest BCUT2D eigenvalue weighted by molar-refractivity contribution is 7.12. The molecule has 2 nitrogen and oxygen atoms in total. The smallest absolute Gasteiger partial charge is 0.235 e. The fourth-order valence-electron chi connectivity index (χ4n) is 1.44. The first-order valence-corrected chi connectivity index (χ1v) is 5.82. The van der Waals surface area contributed by atoms with Gasteiger partial charge in [-0.2, -0.15) is 0 Å². The lowest BCUT2D eigenvalue weighted by atomic mass is 10.1. The van der Waals surface area contributed by atoms with Crippen LogP contribution in [0.25, 0.3) is 0 Å². The normalized spacial score (nSPS) is 12.6. The third kappa shape index (κ3) is 2.72. The summed E-state index contributed by atoms with van der Waals surface area (Å²) in [6, 6.07) is 2.16. The maximum Gasteiger partial charge on any atom is 0.235 e. The van der Waals surface area contributed by atoms with Crippen molar-refractivity contribution in [1.29, 1.82) is 0 Å². The molecule has 1 atom stereocenters. The molecule has 0 aliphatic heterocycles. The van der Waals surface area contributed by atoms with Gasteiger partial charge in [-0.3, -0.25) is 4.79 Å². The average molecular weight is 232 g/mol. The Labute approximate surface area is 93.3 Å². The van der Waals surface area contributed by atoms with E-state index in [9.17, 15) is 4.79 Å². The van der Waals surface area contributed by atoms with Gasteiger partial charge in [-0.05, 0) is 32.4 Å². The molecule has 78 valence electrons. The largest absolute Gasteiger partial charge is 0.349 e. The van der Waals surface area contributed by atoms with Crippen LogP contribution in [0.3, 0.4) is 0 Å². The van der Waals surface area contributed by atoms with Crippen molar-refractivity contribution in [2.45, 2.75) is 26.8 Å². The summed E-state index contributed by atoms with van der Waals surface area (Å²) >= 11 is 7.17. The number of rotatable bonds is 3. The number of halogens is 1. The van der Waals surface area contributed by atoms with Gasteiger partial charge in [-0.1, -0.05) is 0 Å². The summed E-state index contributed by atoms with van der Waals surface area (Å²) in [5.41, 5.74) is 1.19. The predicted octanol–water partition coefficient (Wildman–Crippen LogP) is 2.78. The zero-order valence-electron chi connectivity index (χ0n) is 8.56. The minimum Gasteiger partial charge on any atom is -0.349 e. The van der Waals surface area contributed by atoms with Gasteiger partial charge in [0.05, 0.1) is 6.04 Å². The van der Waals surface area contributed by atoms with Crippen molar-refractivity contribution in [1.82, 2.24) is 5.32 Å². The maximum absolute atomic E-state index is 11.1. The Morgan fingerprint density at radius 3 is 2.71 bits per heavy atom. The van der Waals surface area contributed by atoms with Crippen LogP contribution in [0.1, 0.15) is 28.3 Å². The Morgan fingerprint density at radius 2 is 2.29 bits per heavy atom. The minimum atomic E-state index is -0.123. The molecule has 1 unspecified atom stereocenters. The van der Waals surface area contributed by atoms with Crippen LogP contribution in [0, 0.1) is 13.8 Å². The number of nitrogens with one attached hydrogen (secondary N) is 1. The van der Waals surface area contributed by atoms with Crippen LogP contribution < -0.4 is 5.32 Å². The molecule has 14 heavy (non-hydrogen) atoms. The zero-order chi connectivity index (χ0) is 10.7. The van der Waals surface area contributed by atoms with Crippen LogP contribution in [0.4, 0.5) is 0 Å². The number of carbonyl (C=O) groups excluding carboxylic acids is 1. The maximum atomic E-state index is 11.1. The Balaban J connectivity index is 2.73. The summed E-state index contributed by atoms with van der Waals surface area (Å²) in [6.45, 7) is 6.10. The molecule has 0 bridgehead atoms. The summed E-state index contributed by atoms with van der Waals surface area (Å²) < 4.78 is 0. The number of amides is 1. The fraction of sp³-hybridized carbons (Fsp3) is 0.500. The van der Waals surface area contributed by atoms with E-state index in [2.05, 4.69) is 25.2 Å². The van der Waals surface area contributed by atoms with E-state index in [-0.39, 0.29) is 17.8 Å². The quantitative estimate of drug-likeness (QED) is 0.797. The second kappa shape index (κ2) is 4.80. The van der Waals surface area contributed by atoms with E-state index in [1.807, 2.05) is 6.92 Å². The van der Waals surface area contributed by atoms with Crippen molar-refractivity contribution in [3.63, 3.8) is 0 Å². The van der Waals surface area contributed by atoms with Crippen molar-refractivity contribution >= 4 is 28.8 Å². The van der Waals surface area contributed by atoms with E-state index in [1.165, 1.54) is 15.3 Å². The molecule has 0 fully saturated rings. The molecule has 1 aromatic heterocycles. The molecule has 1 N–H and O–H groups in total. The number of hydrogen-bond acceptors (Lipinski definition) is 2. The second-order valence-corrected chi connectivity index (χ2v) is 5.02. The first kappa shape index (κ1) is 11.5. The van der Waals surface area contributed by atoms with Crippen LogP contribution in [0.5, 0.6) is 0 Å². The lowest BCUT2D eigenvalue weighted by molar-refractivity contribution is -0.119. The van der Waals surface area contributed by atoms with Crippen molar-refractivity contribution in [2.24, 2.45) is 0 Å². The summed E-state index contributed by atoms with van der Waals surface area (Å²) in [5, 5.41) is 2.84. The van der Waals surface area contributed by atoms with Gasteiger partial charge in [0, 0.05) is 9.75 Å². The molecule has 1 aromatic rings. The van der Waals surface area contributed by atoms with Crippen LogP contribution in [0.15, 0.2) is 6.07 Å². The van der Waals surface area contributed by atoms with E-state index < -0.39 is 0 Å². The molecule has 0 aliphatic carbocycles. The highest BCUT2D eigenvalue weighted by Crippen LogP contribution is 2.25. The first-order chi connectivity index (χ1) is 6.54. The number of carbonyl (C=O) groups is 1. The average Bonchev–Trinajstić information content (AvgIpc) is 2.45. The summed E-state index contributed by atoms with van der Waals surface area (Å²) in [6.07, 6.45) is 0. The molecule has 0 aromatic carbocycles. The SMILES string of the molecule is Cc1cc(C(C)NC(=O)CCl)c(C)s1. The molecule has 0 saturated heterocycles. The predicted molar refractivity (Wildman–Crippen MR) is 61.1 cm³/mol. The van der Waals surface area contributed by atoms with Gasteiger partial charge < -0.3 is 5.32 Å². The molecule has 0 saturated carbocycles. The van der Waals surface area contributed by atoms with E-state index in [0.717, 1.165) is 0 Å². The van der Waals surface area contributed by atoms with E-state index in [1.54, 1.807) is 11.3 Å². The van der Waals surface area contributed by atoms with Crippen molar-refractivity contribution in [3.8, 4) is 0 Å². The van der Waals surface area contributed by atoms with Crippen LogP contribution >= 0.6 is 22.9 Å². The topological polar surface area (TPSA) is 29.1 Å². The molecule has 0 spiro atoms. The molecule has 1 heterocycles. The molecule has 0 radical (unpaired) electrons. The summed E-state index contributed by atoms with van der Waals surface area (Å²) in [5.74, 6) is -0.102. The Kier molecular flexibility index (Phi) is 3.96. The minimum absolute atomic E-state index is 0.0203. The first-order valence-electron chi connectivity index (χ1n) is 4.47. The van der Waals surface area contributed by atoms with Gasteiger partial charge >= 0.3 is 0 Å². The van der Waals surface area contributed by atoms with Gasteiger partial charge in [-0.25, -0.2) is 0 Å². The third-order valence-corrected chi connectivity index (χ3v) is 3.27. The highest BCUT2D eigenvalue weighted by atomic mass is 35.5. The molecule has 4 heteroatoms. The fourth-order valence-corrected chi connectivity index (χ4v) is 2.54. The Bertz CT molecular complexity index is 335. The molecular weight excluding hydrogens is 218 g/mol. The zero-order valence-corrected chi connectivity index (χ0v) is 10.1. The molecular formula is C10H14ClNOS. The van der Waals surface area contributed by atoms with Crippen LogP contribution in [0.2, 0.25) is 0 Å². The Morgan fingerprint density at radius 1 is 1.64 bits per heavy atom. The van der Waals surface area contributed by atoms with Gasteiger partial charge in [0.1, 0.15) is 5.88 Å². The molecule has 0 aliphatic rings. The van der Waals surface area contributed by atoms with E-state index in [0.29, 0.717) is 0 Å². The van der Waals surface area contributed by atoms with E-state index in [4.69, 9.17) is 11.6 Å². The molecule has 1 rings (SSSR count). The Hall–Kier alpha value is -0.540. The van der Waals surface area contributed by atoms with Gasteiger partial charge in [-0.15, -0.1) is 22.9 Å².